The lowest BCUT2D eigenvalue weighted by atomic mass is 10.1. The Hall–Kier alpha value is -3.65. The Balaban J connectivity index is 1.65. The van der Waals surface area contributed by atoms with Crippen LogP contribution in [0, 0.1) is 0 Å². The first kappa shape index (κ1) is 18.7. The molecule has 1 aliphatic heterocycles. The largest absolute Gasteiger partial charge is 0.466 e. The van der Waals surface area contributed by atoms with Gasteiger partial charge in [0.05, 0.1) is 31.5 Å². The van der Waals surface area contributed by atoms with Gasteiger partial charge in [0.25, 0.3) is 5.91 Å². The Morgan fingerprint density at radius 3 is 2.90 bits per heavy atom. The van der Waals surface area contributed by atoms with Crippen molar-refractivity contribution >= 4 is 23.2 Å². The minimum absolute atomic E-state index is 0.0977. The molecule has 0 atom stereocenters. The second-order valence-corrected chi connectivity index (χ2v) is 6.59. The topological polar surface area (TPSA) is 96.2 Å². The second kappa shape index (κ2) is 7.76. The Labute approximate surface area is 167 Å². The van der Waals surface area contributed by atoms with Crippen molar-refractivity contribution in [3.8, 4) is 11.3 Å². The Kier molecular flexibility index (Phi) is 5.01. The van der Waals surface area contributed by atoms with E-state index in [0.29, 0.717) is 5.69 Å². The summed E-state index contributed by atoms with van der Waals surface area (Å²) in [7, 11) is 1.27. The number of carbonyl (C=O) groups excluding carboxylic acids is 2. The zero-order valence-electron chi connectivity index (χ0n) is 15.8. The summed E-state index contributed by atoms with van der Waals surface area (Å²) in [6, 6.07) is 13.2. The lowest BCUT2D eigenvalue weighted by Crippen LogP contribution is -2.31. The lowest BCUT2D eigenvalue weighted by Gasteiger charge is -2.15. The molecule has 2 aromatic heterocycles. The molecule has 0 unspecified atom stereocenters. The quantitative estimate of drug-likeness (QED) is 0.620. The molecule has 4 rings (SSSR count). The van der Waals surface area contributed by atoms with Gasteiger partial charge in [0, 0.05) is 30.2 Å². The van der Waals surface area contributed by atoms with Gasteiger partial charge in [-0.3, -0.25) is 4.79 Å². The van der Waals surface area contributed by atoms with Crippen LogP contribution in [-0.4, -0.2) is 58.1 Å². The Morgan fingerprint density at radius 2 is 2.14 bits per heavy atom. The van der Waals surface area contributed by atoms with Gasteiger partial charge in [0.15, 0.2) is 0 Å². The molecular weight excluding hydrogens is 372 g/mol. The number of aliphatic hydroxyl groups excluding tert-OH is 1. The number of fused-ring (bicyclic) bond motifs is 1. The molecule has 1 aromatic carbocycles. The van der Waals surface area contributed by atoms with Crippen LogP contribution in [0.15, 0.2) is 66.1 Å². The van der Waals surface area contributed by atoms with Gasteiger partial charge in [-0.1, -0.05) is 18.2 Å². The van der Waals surface area contributed by atoms with Crippen molar-refractivity contribution in [3.05, 3.63) is 66.1 Å². The molecule has 0 saturated heterocycles. The van der Waals surface area contributed by atoms with Crippen LogP contribution < -0.4 is 5.32 Å². The number of methoxy groups -OCH3 is 1. The van der Waals surface area contributed by atoms with Crippen LogP contribution in [0.2, 0.25) is 0 Å². The van der Waals surface area contributed by atoms with Crippen molar-refractivity contribution in [2.24, 2.45) is 0 Å². The molecule has 2 N–H and O–H groups in total. The monoisotopic (exact) mass is 392 g/mol. The van der Waals surface area contributed by atoms with Gasteiger partial charge in [0.2, 0.25) is 0 Å². The van der Waals surface area contributed by atoms with E-state index in [1.165, 1.54) is 12.0 Å². The Morgan fingerprint density at radius 1 is 1.28 bits per heavy atom. The van der Waals surface area contributed by atoms with Gasteiger partial charge in [-0.05, 0) is 24.3 Å². The van der Waals surface area contributed by atoms with Gasteiger partial charge < -0.3 is 24.5 Å². The van der Waals surface area contributed by atoms with Crippen LogP contribution in [0.5, 0.6) is 0 Å². The number of amides is 1. The molecule has 0 fully saturated rings. The lowest BCUT2D eigenvalue weighted by molar-refractivity contribution is -0.136. The number of imidazole rings is 1. The van der Waals surface area contributed by atoms with Crippen LogP contribution in [0.1, 0.15) is 0 Å². The van der Waals surface area contributed by atoms with Gasteiger partial charge in [-0.25, -0.2) is 9.78 Å². The number of nitrogens with one attached hydrogen (secondary N) is 1. The van der Waals surface area contributed by atoms with Crippen LogP contribution in [0.4, 0.5) is 5.69 Å². The molecule has 0 bridgehead atoms. The number of hydrogen-bond donors (Lipinski definition) is 2. The summed E-state index contributed by atoms with van der Waals surface area (Å²) in [4.78, 5) is 30.8. The summed E-state index contributed by atoms with van der Waals surface area (Å²) >= 11 is 0. The fourth-order valence-electron chi connectivity index (χ4n) is 3.32. The molecule has 29 heavy (non-hydrogen) atoms. The molecule has 0 aliphatic carbocycles. The fourth-order valence-corrected chi connectivity index (χ4v) is 3.32. The van der Waals surface area contributed by atoms with E-state index < -0.39 is 5.97 Å². The van der Waals surface area contributed by atoms with E-state index in [-0.39, 0.29) is 36.9 Å². The predicted molar refractivity (Wildman–Crippen MR) is 107 cm³/mol. The van der Waals surface area contributed by atoms with Crippen LogP contribution in [0.25, 0.3) is 16.9 Å². The molecule has 3 aromatic rings. The molecular formula is C21H20N4O4. The van der Waals surface area contributed by atoms with Crippen LogP contribution in [0.3, 0.4) is 0 Å². The second-order valence-electron chi connectivity index (χ2n) is 6.59. The number of nitrogens with zero attached hydrogens (tertiary/aromatic N) is 3. The van der Waals surface area contributed by atoms with Crippen molar-refractivity contribution in [1.82, 2.24) is 14.3 Å². The number of carbonyl (C=O) groups is 2. The van der Waals surface area contributed by atoms with Crippen LogP contribution >= 0.6 is 0 Å². The summed E-state index contributed by atoms with van der Waals surface area (Å²) in [5, 5.41) is 12.2. The van der Waals surface area contributed by atoms with Gasteiger partial charge in [-0.2, -0.15) is 0 Å². The number of benzene rings is 1. The van der Waals surface area contributed by atoms with Crippen molar-refractivity contribution in [1.29, 1.82) is 0 Å². The minimum Gasteiger partial charge on any atom is -0.466 e. The average Bonchev–Trinajstić information content (AvgIpc) is 3.31. The molecule has 8 heteroatoms. The Bertz CT molecular complexity index is 1090. The summed E-state index contributed by atoms with van der Waals surface area (Å²) in [5.74, 6) is -0.921. The van der Waals surface area contributed by atoms with Gasteiger partial charge in [0.1, 0.15) is 11.3 Å². The summed E-state index contributed by atoms with van der Waals surface area (Å²) in [6.07, 6.45) is 3.85. The number of hydrogen-bond acceptors (Lipinski definition) is 6. The summed E-state index contributed by atoms with van der Waals surface area (Å²) in [6.45, 7) is 0.0587. The number of anilines is 1. The number of aliphatic hydroxyl groups is 1. The van der Waals surface area contributed by atoms with E-state index in [1.54, 1.807) is 0 Å². The highest BCUT2D eigenvalue weighted by atomic mass is 16.5. The highest BCUT2D eigenvalue weighted by Gasteiger charge is 2.34. The van der Waals surface area contributed by atoms with Crippen molar-refractivity contribution in [2.75, 3.05) is 32.1 Å². The average molecular weight is 392 g/mol. The van der Waals surface area contributed by atoms with E-state index >= 15 is 0 Å². The van der Waals surface area contributed by atoms with E-state index in [1.807, 2.05) is 59.3 Å². The molecule has 0 spiro atoms. The minimum atomic E-state index is -0.571. The fraction of sp³-hybridized carbons (Fsp3) is 0.190. The first-order valence-corrected chi connectivity index (χ1v) is 9.13. The zero-order chi connectivity index (χ0) is 20.4. The highest BCUT2D eigenvalue weighted by Crippen LogP contribution is 2.26. The number of rotatable bonds is 6. The number of β-amino-alcohol motifs (C(OH)–C–C–N with tert-alkyl or cyclic N) is 1. The molecule has 1 aliphatic rings. The number of ether oxygens (including phenoxy) is 1. The normalized spacial score (nSPS) is 14.0. The molecule has 0 radical (unpaired) electrons. The van der Waals surface area contributed by atoms with Crippen LogP contribution in [-0.2, 0) is 14.3 Å². The zero-order valence-corrected chi connectivity index (χ0v) is 15.8. The first-order valence-electron chi connectivity index (χ1n) is 9.13. The SMILES string of the molecule is COC(=O)C1=C(Nc2cccc(-c3cn4ccccc4n3)c2)C(=O)N(CCO)C1. The van der Waals surface area contributed by atoms with E-state index in [4.69, 9.17) is 9.84 Å². The molecule has 8 nitrogen and oxygen atoms in total. The van der Waals surface area contributed by atoms with E-state index in [9.17, 15) is 9.59 Å². The maximum Gasteiger partial charge on any atom is 0.337 e. The standard InChI is InChI=1S/C21H20N4O4/c1-29-21(28)16-12-25(9-10-26)20(27)19(16)22-15-6-4-5-14(11-15)17-13-24-8-3-2-7-18(24)23-17/h2-8,11,13,22,26H,9-10,12H2,1H3. The maximum absolute atomic E-state index is 12.7. The van der Waals surface area contributed by atoms with Gasteiger partial charge >= 0.3 is 5.97 Å². The molecule has 148 valence electrons. The third-order valence-electron chi connectivity index (χ3n) is 4.75. The first-order chi connectivity index (χ1) is 14.1. The van der Waals surface area contributed by atoms with Crippen molar-refractivity contribution < 1.29 is 19.4 Å². The molecule has 0 saturated carbocycles. The number of pyridine rings is 1. The third-order valence-corrected chi connectivity index (χ3v) is 4.75. The van der Waals surface area contributed by atoms with Crippen molar-refractivity contribution in [3.63, 3.8) is 0 Å². The maximum atomic E-state index is 12.7. The third kappa shape index (κ3) is 3.57. The van der Waals surface area contributed by atoms with Crippen molar-refractivity contribution in [2.45, 2.75) is 0 Å². The molecule has 1 amide bonds. The summed E-state index contributed by atoms with van der Waals surface area (Å²) in [5.41, 5.74) is 3.55. The van der Waals surface area contributed by atoms with E-state index in [0.717, 1.165) is 16.9 Å². The molecule has 3 heterocycles. The highest BCUT2D eigenvalue weighted by molar-refractivity contribution is 6.08. The smallest absolute Gasteiger partial charge is 0.337 e. The predicted octanol–water partition coefficient (Wildman–Crippen LogP) is 1.67. The summed E-state index contributed by atoms with van der Waals surface area (Å²) < 4.78 is 6.74. The number of esters is 1. The van der Waals surface area contributed by atoms with E-state index in [2.05, 4.69) is 10.3 Å². The number of aromatic nitrogens is 2. The van der Waals surface area contributed by atoms with Gasteiger partial charge in [-0.15, -0.1) is 0 Å².